The number of rotatable bonds is 7. The number of nitrogens with two attached hydrogens (primary N) is 1. The lowest BCUT2D eigenvalue weighted by molar-refractivity contribution is 0.196. The Kier molecular flexibility index (Phi) is 6.99. The zero-order valence-corrected chi connectivity index (χ0v) is 17.0. The van der Waals surface area contributed by atoms with Crippen molar-refractivity contribution in [3.63, 3.8) is 0 Å². The van der Waals surface area contributed by atoms with Gasteiger partial charge < -0.3 is 15.6 Å². The standard InChI is InChI=1S/C19H14ClN7O2S/c20-15-3-2-12(26-27-15)10-30-19-14(8-22)17(13(7-21)18(23)25-19)11-1-4-16(24-9-11)29-6-5-28/h1-4,9,28H,5-6,10H2,(H2,23,25). The van der Waals surface area contributed by atoms with Crippen LogP contribution in [0.2, 0.25) is 5.15 Å². The maximum absolute atomic E-state index is 9.80. The van der Waals surface area contributed by atoms with Gasteiger partial charge in [0.2, 0.25) is 5.88 Å². The molecule has 0 saturated carbocycles. The average Bonchev–Trinajstić information content (AvgIpc) is 2.77. The lowest BCUT2D eigenvalue weighted by Crippen LogP contribution is -2.05. The Morgan fingerprint density at radius 2 is 1.93 bits per heavy atom. The Bertz CT molecular complexity index is 1130. The molecule has 3 rings (SSSR count). The van der Waals surface area contributed by atoms with Crippen molar-refractivity contribution in [3.8, 4) is 29.1 Å². The number of pyridine rings is 2. The SMILES string of the molecule is N#Cc1c(N)nc(SCc2ccc(Cl)nn2)c(C#N)c1-c1ccc(OCCO)nc1. The quantitative estimate of drug-likeness (QED) is 0.524. The van der Waals surface area contributed by atoms with Gasteiger partial charge in [0.05, 0.1) is 17.9 Å². The van der Waals surface area contributed by atoms with Crippen molar-refractivity contribution in [2.24, 2.45) is 0 Å². The number of nitrogens with zero attached hydrogens (tertiary/aromatic N) is 6. The highest BCUT2D eigenvalue weighted by molar-refractivity contribution is 7.98. The summed E-state index contributed by atoms with van der Waals surface area (Å²) < 4.78 is 5.25. The zero-order valence-electron chi connectivity index (χ0n) is 15.4. The van der Waals surface area contributed by atoms with Crippen molar-refractivity contribution in [1.29, 1.82) is 10.5 Å². The van der Waals surface area contributed by atoms with Gasteiger partial charge in [-0.15, -0.1) is 5.10 Å². The van der Waals surface area contributed by atoms with Gasteiger partial charge in [0.25, 0.3) is 0 Å². The summed E-state index contributed by atoms with van der Waals surface area (Å²) in [5, 5.41) is 36.6. The number of hydrogen-bond donors (Lipinski definition) is 2. The van der Waals surface area contributed by atoms with Crippen LogP contribution in [0, 0.1) is 22.7 Å². The normalized spacial score (nSPS) is 10.3. The first-order valence-electron chi connectivity index (χ1n) is 8.52. The molecule has 0 atom stereocenters. The van der Waals surface area contributed by atoms with Crippen LogP contribution in [0.15, 0.2) is 35.5 Å². The Morgan fingerprint density at radius 1 is 1.13 bits per heavy atom. The molecule has 0 aromatic carbocycles. The number of nitrogen functional groups attached to an aromatic ring is 1. The van der Waals surface area contributed by atoms with E-state index in [2.05, 4.69) is 26.2 Å². The molecule has 3 aromatic heterocycles. The molecule has 0 aliphatic rings. The van der Waals surface area contributed by atoms with Crippen LogP contribution in [0.4, 0.5) is 5.82 Å². The predicted octanol–water partition coefficient (Wildman–Crippen LogP) is 2.58. The maximum Gasteiger partial charge on any atom is 0.213 e. The molecule has 0 bridgehead atoms. The van der Waals surface area contributed by atoms with E-state index in [9.17, 15) is 10.5 Å². The highest BCUT2D eigenvalue weighted by Gasteiger charge is 2.21. The Morgan fingerprint density at radius 3 is 2.53 bits per heavy atom. The van der Waals surface area contributed by atoms with E-state index in [1.54, 1.807) is 24.3 Å². The molecule has 11 heteroatoms. The molecule has 3 aromatic rings. The highest BCUT2D eigenvalue weighted by atomic mass is 35.5. The van der Waals surface area contributed by atoms with Gasteiger partial charge in [-0.05, 0) is 18.2 Å². The Balaban J connectivity index is 2.00. The highest BCUT2D eigenvalue weighted by Crippen LogP contribution is 2.36. The molecule has 0 radical (unpaired) electrons. The lowest BCUT2D eigenvalue weighted by Gasteiger charge is -2.13. The molecule has 3 heterocycles. The molecular weight excluding hydrogens is 426 g/mol. The second-order valence-corrected chi connectivity index (χ2v) is 7.10. The minimum atomic E-state index is -0.139. The third-order valence-electron chi connectivity index (χ3n) is 3.83. The van der Waals surface area contributed by atoms with Crippen LogP contribution in [-0.4, -0.2) is 38.5 Å². The van der Waals surface area contributed by atoms with Gasteiger partial charge in [-0.1, -0.05) is 23.4 Å². The average molecular weight is 440 g/mol. The van der Waals surface area contributed by atoms with Gasteiger partial charge in [0.1, 0.15) is 35.2 Å². The molecular formula is C19H14ClN7O2S. The number of halogens is 1. The molecule has 150 valence electrons. The molecule has 0 spiro atoms. The van der Waals surface area contributed by atoms with Gasteiger partial charge >= 0.3 is 0 Å². The first-order valence-corrected chi connectivity index (χ1v) is 9.88. The van der Waals surface area contributed by atoms with Crippen molar-refractivity contribution >= 4 is 29.2 Å². The fourth-order valence-electron chi connectivity index (χ4n) is 2.52. The van der Waals surface area contributed by atoms with Gasteiger partial charge in [0.15, 0.2) is 5.15 Å². The van der Waals surface area contributed by atoms with E-state index < -0.39 is 0 Å². The smallest absolute Gasteiger partial charge is 0.213 e. The molecule has 0 fully saturated rings. The number of aliphatic hydroxyl groups excluding tert-OH is 1. The van der Waals surface area contributed by atoms with Gasteiger partial charge in [-0.25, -0.2) is 9.97 Å². The number of ether oxygens (including phenoxy) is 1. The summed E-state index contributed by atoms with van der Waals surface area (Å²) in [5.74, 6) is 0.697. The summed E-state index contributed by atoms with van der Waals surface area (Å²) in [6.07, 6.45) is 1.47. The molecule has 0 aliphatic heterocycles. The molecule has 0 unspecified atom stereocenters. The Hall–Kier alpha value is -3.44. The minimum absolute atomic E-state index is 0.0109. The van der Waals surface area contributed by atoms with Crippen molar-refractivity contribution in [3.05, 3.63) is 52.4 Å². The largest absolute Gasteiger partial charge is 0.475 e. The number of nitriles is 2. The lowest BCUT2D eigenvalue weighted by atomic mass is 9.98. The van der Waals surface area contributed by atoms with Crippen LogP contribution in [0.25, 0.3) is 11.1 Å². The fraction of sp³-hybridized carbons (Fsp3) is 0.158. The molecule has 9 nitrogen and oxygen atoms in total. The Labute approximate surface area is 181 Å². The van der Waals surface area contributed by atoms with Crippen LogP contribution in [0.1, 0.15) is 16.8 Å². The van der Waals surface area contributed by atoms with Crippen molar-refractivity contribution in [2.75, 3.05) is 18.9 Å². The zero-order chi connectivity index (χ0) is 21.5. The van der Waals surface area contributed by atoms with E-state index in [0.717, 1.165) is 0 Å². The van der Waals surface area contributed by atoms with E-state index >= 15 is 0 Å². The number of aliphatic hydroxyl groups is 1. The predicted molar refractivity (Wildman–Crippen MR) is 110 cm³/mol. The summed E-state index contributed by atoms with van der Waals surface area (Å²) >= 11 is 6.99. The topological polar surface area (TPSA) is 155 Å². The van der Waals surface area contributed by atoms with E-state index in [1.165, 1.54) is 18.0 Å². The van der Waals surface area contributed by atoms with Crippen LogP contribution in [0.5, 0.6) is 5.88 Å². The monoisotopic (exact) mass is 439 g/mol. The summed E-state index contributed by atoms with van der Waals surface area (Å²) in [4.78, 5) is 8.39. The fourth-order valence-corrected chi connectivity index (χ4v) is 3.51. The summed E-state index contributed by atoms with van der Waals surface area (Å²) in [6, 6.07) is 10.7. The van der Waals surface area contributed by atoms with E-state index in [-0.39, 0.29) is 35.3 Å². The van der Waals surface area contributed by atoms with Crippen molar-refractivity contribution in [2.45, 2.75) is 10.8 Å². The third kappa shape index (κ3) is 4.75. The third-order valence-corrected chi connectivity index (χ3v) is 5.04. The summed E-state index contributed by atoms with van der Waals surface area (Å²) in [6.45, 7) is -0.0319. The van der Waals surface area contributed by atoms with E-state index in [4.69, 9.17) is 27.2 Å². The minimum Gasteiger partial charge on any atom is -0.475 e. The van der Waals surface area contributed by atoms with Crippen LogP contribution in [-0.2, 0) is 5.75 Å². The second kappa shape index (κ2) is 9.85. The number of hydrogen-bond acceptors (Lipinski definition) is 10. The number of anilines is 1. The van der Waals surface area contributed by atoms with Crippen LogP contribution >= 0.6 is 23.4 Å². The summed E-state index contributed by atoms with van der Waals surface area (Å²) in [5.41, 5.74) is 7.81. The van der Waals surface area contributed by atoms with Gasteiger partial charge in [-0.2, -0.15) is 15.6 Å². The maximum atomic E-state index is 9.80. The molecule has 0 amide bonds. The first kappa shape index (κ1) is 21.3. The van der Waals surface area contributed by atoms with Crippen LogP contribution in [0.3, 0.4) is 0 Å². The van der Waals surface area contributed by atoms with E-state index in [1.807, 2.05) is 6.07 Å². The molecule has 0 aliphatic carbocycles. The van der Waals surface area contributed by atoms with Crippen LogP contribution < -0.4 is 10.5 Å². The number of aromatic nitrogens is 4. The van der Waals surface area contributed by atoms with Gasteiger partial charge in [-0.3, -0.25) is 0 Å². The number of thioether (sulfide) groups is 1. The van der Waals surface area contributed by atoms with E-state index in [0.29, 0.717) is 33.5 Å². The summed E-state index contributed by atoms with van der Waals surface area (Å²) in [7, 11) is 0. The second-order valence-electron chi connectivity index (χ2n) is 5.74. The van der Waals surface area contributed by atoms with Crippen molar-refractivity contribution < 1.29 is 9.84 Å². The molecule has 0 saturated heterocycles. The van der Waals surface area contributed by atoms with Crippen molar-refractivity contribution in [1.82, 2.24) is 20.2 Å². The molecule has 30 heavy (non-hydrogen) atoms. The first-order chi connectivity index (χ1) is 14.6. The molecule has 3 N–H and O–H groups in total. The van der Waals surface area contributed by atoms with Gasteiger partial charge in [0, 0.05) is 29.1 Å².